The van der Waals surface area contributed by atoms with Gasteiger partial charge in [-0.1, -0.05) is 306 Å². The van der Waals surface area contributed by atoms with Crippen molar-refractivity contribution in [3.8, 4) is 44.5 Å². The Hall–Kier alpha value is -4.50. The average molecular weight is 1010 g/mol. The van der Waals surface area contributed by atoms with Crippen LogP contribution in [0.4, 0.5) is 0 Å². The van der Waals surface area contributed by atoms with E-state index in [0.717, 1.165) is 24.0 Å². The first kappa shape index (κ1) is 56.7. The molecule has 0 radical (unpaired) electrons. The highest BCUT2D eigenvalue weighted by Gasteiger charge is 2.44. The molecule has 0 fully saturated rings. The number of rotatable bonds is 37. The standard InChI is InChI=1S/C72H101N3/c1-6-11-16-21-26-35-50-71(51-36-27-22-17-12-7-2)65-42-33-31-40-61(65)63-46-44-57(55-67(63)71)59-48-49-60(70-69(59)73-75(74-70)54-39-30-25-20-15-10-5)58-45-47-64-62-41-32-34-43-66(62)72(68(64)56-58,52-37-28-23-18-13-8-3)53-38-29-24-19-14-9-4/h31-34,40-49,55-56H,6-30,35-39,50-54H2,1-5H3. The number of aryl methyl sites for hydroxylation is 1. The zero-order valence-electron chi connectivity index (χ0n) is 48.3. The van der Waals surface area contributed by atoms with Crippen molar-refractivity contribution in [3.05, 3.63) is 119 Å². The number of aromatic nitrogens is 3. The second-order valence-electron chi connectivity index (χ2n) is 23.8. The molecule has 8 rings (SSSR count). The van der Waals surface area contributed by atoms with E-state index < -0.39 is 0 Å². The van der Waals surface area contributed by atoms with Crippen LogP contribution in [0.5, 0.6) is 0 Å². The van der Waals surface area contributed by atoms with Crippen molar-refractivity contribution >= 4 is 11.0 Å². The van der Waals surface area contributed by atoms with Crippen molar-refractivity contribution in [1.29, 1.82) is 0 Å². The minimum absolute atomic E-state index is 0.0331. The highest BCUT2D eigenvalue weighted by Crippen LogP contribution is 2.57. The number of hydrogen-bond acceptors (Lipinski definition) is 2. The number of unbranched alkanes of at least 4 members (excludes halogenated alkanes) is 25. The third kappa shape index (κ3) is 13.6. The third-order valence-corrected chi connectivity index (χ3v) is 18.3. The average Bonchev–Trinajstić information content (AvgIpc) is 4.20. The molecule has 2 aliphatic carbocycles. The molecule has 0 bridgehead atoms. The Labute approximate surface area is 457 Å². The van der Waals surface area contributed by atoms with Gasteiger partial charge in [-0.25, -0.2) is 0 Å². The first-order valence-corrected chi connectivity index (χ1v) is 31.9. The summed E-state index contributed by atoms with van der Waals surface area (Å²) < 4.78 is 0. The lowest BCUT2D eigenvalue weighted by molar-refractivity contribution is 0.398. The van der Waals surface area contributed by atoms with E-state index in [2.05, 4.69) is 136 Å². The van der Waals surface area contributed by atoms with Crippen LogP contribution in [-0.2, 0) is 17.4 Å². The van der Waals surface area contributed by atoms with E-state index >= 15 is 0 Å². The summed E-state index contributed by atoms with van der Waals surface area (Å²) in [4.78, 5) is 2.08. The summed E-state index contributed by atoms with van der Waals surface area (Å²) in [7, 11) is 0. The Morgan fingerprint density at radius 3 is 0.947 bits per heavy atom. The molecule has 0 atom stereocenters. The number of hydrogen-bond donors (Lipinski definition) is 0. The Balaban J connectivity index is 1.20. The zero-order chi connectivity index (χ0) is 52.1. The second-order valence-corrected chi connectivity index (χ2v) is 23.8. The lowest BCUT2D eigenvalue weighted by atomic mass is 9.70. The molecular formula is C72H101N3. The number of benzene rings is 5. The first-order chi connectivity index (χ1) is 37.0. The van der Waals surface area contributed by atoms with E-state index in [4.69, 9.17) is 10.2 Å². The van der Waals surface area contributed by atoms with Crippen molar-refractivity contribution in [2.75, 3.05) is 0 Å². The van der Waals surface area contributed by atoms with Gasteiger partial charge in [0, 0.05) is 22.0 Å². The maximum absolute atomic E-state index is 5.53. The normalized spacial score (nSPS) is 13.9. The molecule has 1 heterocycles. The second kappa shape index (κ2) is 29.3. The molecule has 5 aromatic carbocycles. The van der Waals surface area contributed by atoms with Gasteiger partial charge in [0.15, 0.2) is 0 Å². The molecule has 0 amide bonds. The largest absolute Gasteiger partial charge is 0.184 e. The van der Waals surface area contributed by atoms with Crippen molar-refractivity contribution in [2.24, 2.45) is 0 Å². The molecule has 404 valence electrons. The smallest absolute Gasteiger partial charge is 0.121 e. The van der Waals surface area contributed by atoms with E-state index in [0.29, 0.717) is 0 Å². The van der Waals surface area contributed by atoms with Gasteiger partial charge in [-0.05, 0) is 99.9 Å². The predicted molar refractivity (Wildman–Crippen MR) is 326 cm³/mol. The first-order valence-electron chi connectivity index (χ1n) is 31.9. The van der Waals surface area contributed by atoms with E-state index in [1.54, 1.807) is 22.3 Å². The molecule has 3 heteroatoms. The summed E-state index contributed by atoms with van der Waals surface area (Å²) in [5.41, 5.74) is 19.3. The van der Waals surface area contributed by atoms with E-state index in [1.165, 1.54) is 256 Å². The number of fused-ring (bicyclic) bond motifs is 7. The van der Waals surface area contributed by atoms with Crippen LogP contribution < -0.4 is 0 Å². The van der Waals surface area contributed by atoms with Gasteiger partial charge in [-0.2, -0.15) is 15.0 Å². The molecule has 0 aliphatic heterocycles. The van der Waals surface area contributed by atoms with Crippen LogP contribution in [0.15, 0.2) is 97.1 Å². The van der Waals surface area contributed by atoms with Crippen LogP contribution in [0.25, 0.3) is 55.5 Å². The van der Waals surface area contributed by atoms with E-state index in [1.807, 2.05) is 0 Å². The molecule has 2 aliphatic rings. The predicted octanol–water partition coefficient (Wildman–Crippen LogP) is 22.7. The zero-order valence-corrected chi connectivity index (χ0v) is 48.3. The highest BCUT2D eigenvalue weighted by atomic mass is 15.5. The Bertz CT molecular complexity index is 2440. The Kier molecular flexibility index (Phi) is 22.1. The molecule has 0 spiro atoms. The molecule has 0 saturated carbocycles. The molecule has 1 aromatic heterocycles. The summed E-state index contributed by atoms with van der Waals surface area (Å²) >= 11 is 0. The lowest BCUT2D eigenvalue weighted by Gasteiger charge is -2.33. The van der Waals surface area contributed by atoms with Gasteiger partial charge in [0.2, 0.25) is 0 Å². The fraction of sp³-hybridized carbons (Fsp3) is 0.583. The van der Waals surface area contributed by atoms with Crippen LogP contribution in [0, 0.1) is 0 Å². The summed E-state index contributed by atoms with van der Waals surface area (Å²) in [6.45, 7) is 12.5. The number of nitrogens with zero attached hydrogens (tertiary/aromatic N) is 3. The molecule has 75 heavy (non-hydrogen) atoms. The van der Waals surface area contributed by atoms with Crippen LogP contribution in [-0.4, -0.2) is 15.0 Å². The van der Waals surface area contributed by atoms with Crippen LogP contribution in [0.2, 0.25) is 0 Å². The van der Waals surface area contributed by atoms with Gasteiger partial charge in [0.1, 0.15) is 11.0 Å². The maximum Gasteiger partial charge on any atom is 0.121 e. The summed E-state index contributed by atoms with van der Waals surface area (Å²) in [6, 6.07) is 39.0. The van der Waals surface area contributed by atoms with E-state index in [9.17, 15) is 0 Å². The lowest BCUT2D eigenvalue weighted by Crippen LogP contribution is -2.25. The Morgan fingerprint density at radius 2 is 0.587 bits per heavy atom. The van der Waals surface area contributed by atoms with Crippen molar-refractivity contribution in [3.63, 3.8) is 0 Å². The van der Waals surface area contributed by atoms with Gasteiger partial charge in [-0.3, -0.25) is 0 Å². The van der Waals surface area contributed by atoms with Gasteiger partial charge in [0.05, 0.1) is 6.54 Å². The summed E-state index contributed by atoms with van der Waals surface area (Å²) in [5.74, 6) is 0. The maximum atomic E-state index is 5.53. The van der Waals surface area contributed by atoms with Gasteiger partial charge in [-0.15, -0.1) is 0 Å². The van der Waals surface area contributed by atoms with E-state index in [-0.39, 0.29) is 10.8 Å². The van der Waals surface area contributed by atoms with Crippen molar-refractivity contribution in [1.82, 2.24) is 15.0 Å². The fourth-order valence-electron chi connectivity index (χ4n) is 14.0. The van der Waals surface area contributed by atoms with Gasteiger partial charge in [0.25, 0.3) is 0 Å². The molecule has 0 saturated heterocycles. The monoisotopic (exact) mass is 1010 g/mol. The summed E-state index contributed by atoms with van der Waals surface area (Å²) in [5, 5.41) is 11.1. The molecule has 0 unspecified atom stereocenters. The minimum Gasteiger partial charge on any atom is -0.184 e. The molecule has 0 N–H and O–H groups in total. The fourth-order valence-corrected chi connectivity index (χ4v) is 14.0. The van der Waals surface area contributed by atoms with Gasteiger partial charge < -0.3 is 0 Å². The molecular weight excluding hydrogens is 907 g/mol. The van der Waals surface area contributed by atoms with Crippen LogP contribution in [0.3, 0.4) is 0 Å². The third-order valence-electron chi connectivity index (χ3n) is 18.3. The highest BCUT2D eigenvalue weighted by molar-refractivity contribution is 6.01. The quantitative estimate of drug-likeness (QED) is 0.0364. The minimum atomic E-state index is 0.0331. The van der Waals surface area contributed by atoms with Crippen LogP contribution in [0.1, 0.15) is 275 Å². The van der Waals surface area contributed by atoms with Gasteiger partial charge >= 0.3 is 0 Å². The SMILES string of the molecule is CCCCCCCCn1nc2c(-c3ccc4c(c3)C(CCCCCCCC)(CCCCCCCC)c3ccccc3-4)ccc(-c3ccc4c(c3)C(CCCCCCCC)(CCCCCCCC)c3ccccc3-4)c2n1. The molecule has 3 nitrogen and oxygen atoms in total. The van der Waals surface area contributed by atoms with Crippen molar-refractivity contribution < 1.29 is 0 Å². The summed E-state index contributed by atoms with van der Waals surface area (Å²) in [6.07, 6.45) is 44.4. The van der Waals surface area contributed by atoms with Crippen LogP contribution >= 0.6 is 0 Å². The topological polar surface area (TPSA) is 30.7 Å². The molecule has 6 aromatic rings. The van der Waals surface area contributed by atoms with Crippen molar-refractivity contribution in [2.45, 2.75) is 270 Å². The Morgan fingerprint density at radius 1 is 0.293 bits per heavy atom.